The molecule has 0 saturated carbocycles. The van der Waals surface area contributed by atoms with Crippen LogP contribution in [-0.2, 0) is 9.59 Å². The predicted molar refractivity (Wildman–Crippen MR) is 73.3 cm³/mol. The fraction of sp³-hybridized carbons (Fsp3) is 0.429. The monoisotopic (exact) mass is 300 g/mol. The van der Waals surface area contributed by atoms with Crippen LogP contribution >= 0.6 is 0 Å². The number of nitrogens with two attached hydrogens (primary N) is 1. The van der Waals surface area contributed by atoms with Gasteiger partial charge < -0.3 is 16.0 Å². The summed E-state index contributed by atoms with van der Waals surface area (Å²) in [5.41, 5.74) is 0.327. The smallest absolute Gasteiger partial charge is 0.275 e. The number of likely N-dealkylation sites (N-methyl/N-ethyl adjacent to an activating group) is 1. The second-order valence-corrected chi connectivity index (χ2v) is 4.62. The van der Waals surface area contributed by atoms with Crippen molar-refractivity contribution < 1.29 is 23.7 Å². The lowest BCUT2D eigenvalue weighted by Gasteiger charge is -2.12. The van der Waals surface area contributed by atoms with E-state index in [1.807, 2.05) is 0 Å². The first-order valence-corrected chi connectivity index (χ1v) is 6.75. The standard InChI is InChI=1S/C14H19F2N3O2/c1-3-17-13(20)8-19-14(21)7-18-9(2)11-5-4-10(15)6-12(11)16/h4-6,9,18H,3,7-8H2,1-2H3,(H,17,20)(H,19,21)/p+1/t9-/m1/s1. The van der Waals surface area contributed by atoms with E-state index in [-0.39, 0.29) is 30.9 Å². The first-order valence-electron chi connectivity index (χ1n) is 6.75. The fourth-order valence-electron chi connectivity index (χ4n) is 1.79. The van der Waals surface area contributed by atoms with Crippen LogP contribution in [0.25, 0.3) is 0 Å². The highest BCUT2D eigenvalue weighted by molar-refractivity contribution is 5.84. The molecule has 1 aromatic rings. The van der Waals surface area contributed by atoms with Crippen LogP contribution in [0.2, 0.25) is 0 Å². The Morgan fingerprint density at radius 3 is 2.57 bits per heavy atom. The third-order valence-electron chi connectivity index (χ3n) is 2.93. The molecular formula is C14H20F2N3O2+. The summed E-state index contributed by atoms with van der Waals surface area (Å²) < 4.78 is 26.4. The zero-order chi connectivity index (χ0) is 15.8. The molecule has 1 rings (SSSR count). The normalized spacial score (nSPS) is 11.8. The second kappa shape index (κ2) is 8.31. The highest BCUT2D eigenvalue weighted by Crippen LogP contribution is 2.14. The van der Waals surface area contributed by atoms with Gasteiger partial charge in [-0.05, 0) is 26.0 Å². The number of nitrogens with one attached hydrogen (secondary N) is 2. The van der Waals surface area contributed by atoms with E-state index in [2.05, 4.69) is 10.6 Å². The topological polar surface area (TPSA) is 74.8 Å². The Morgan fingerprint density at radius 2 is 1.95 bits per heavy atom. The second-order valence-electron chi connectivity index (χ2n) is 4.62. The number of amides is 2. The number of quaternary nitrogens is 1. The third-order valence-corrected chi connectivity index (χ3v) is 2.93. The zero-order valence-corrected chi connectivity index (χ0v) is 12.1. The Bertz CT molecular complexity index is 509. The molecule has 21 heavy (non-hydrogen) atoms. The molecule has 0 fully saturated rings. The molecule has 0 saturated heterocycles. The first kappa shape index (κ1) is 17.0. The molecule has 116 valence electrons. The van der Waals surface area contributed by atoms with Crippen molar-refractivity contribution in [2.75, 3.05) is 19.6 Å². The number of benzene rings is 1. The van der Waals surface area contributed by atoms with E-state index in [1.54, 1.807) is 19.2 Å². The summed E-state index contributed by atoms with van der Waals surface area (Å²) >= 11 is 0. The van der Waals surface area contributed by atoms with Gasteiger partial charge in [0.15, 0.2) is 6.54 Å². The van der Waals surface area contributed by atoms with Gasteiger partial charge in [0.05, 0.1) is 6.54 Å². The molecule has 0 heterocycles. The molecule has 7 heteroatoms. The van der Waals surface area contributed by atoms with Crippen LogP contribution in [0.15, 0.2) is 18.2 Å². The van der Waals surface area contributed by atoms with Gasteiger partial charge in [0.1, 0.15) is 17.7 Å². The van der Waals surface area contributed by atoms with Crippen molar-refractivity contribution in [3.63, 3.8) is 0 Å². The third kappa shape index (κ3) is 5.86. The van der Waals surface area contributed by atoms with Crippen molar-refractivity contribution in [2.45, 2.75) is 19.9 Å². The first-order chi connectivity index (χ1) is 9.93. The molecule has 1 atom stereocenters. The molecule has 4 N–H and O–H groups in total. The highest BCUT2D eigenvalue weighted by atomic mass is 19.1. The van der Waals surface area contributed by atoms with E-state index in [0.29, 0.717) is 12.1 Å². The lowest BCUT2D eigenvalue weighted by atomic mass is 10.1. The van der Waals surface area contributed by atoms with Gasteiger partial charge in [0, 0.05) is 18.2 Å². The summed E-state index contributed by atoms with van der Waals surface area (Å²) in [6.07, 6.45) is 0. The average molecular weight is 300 g/mol. The number of hydrogen-bond donors (Lipinski definition) is 3. The number of halogens is 2. The van der Waals surface area contributed by atoms with Gasteiger partial charge in [-0.15, -0.1) is 0 Å². The number of carbonyl (C=O) groups is 2. The maximum atomic E-state index is 13.6. The van der Waals surface area contributed by atoms with E-state index in [0.717, 1.165) is 6.07 Å². The molecule has 0 bridgehead atoms. The van der Waals surface area contributed by atoms with Crippen molar-refractivity contribution >= 4 is 11.8 Å². The molecule has 0 aliphatic carbocycles. The van der Waals surface area contributed by atoms with E-state index in [1.165, 1.54) is 12.1 Å². The van der Waals surface area contributed by atoms with Crippen molar-refractivity contribution in [1.29, 1.82) is 0 Å². The molecular weight excluding hydrogens is 280 g/mol. The van der Waals surface area contributed by atoms with Gasteiger partial charge in [-0.3, -0.25) is 9.59 Å². The summed E-state index contributed by atoms with van der Waals surface area (Å²) in [7, 11) is 0. The van der Waals surface area contributed by atoms with Gasteiger partial charge >= 0.3 is 0 Å². The average Bonchev–Trinajstić information content (AvgIpc) is 2.43. The van der Waals surface area contributed by atoms with Crippen LogP contribution < -0.4 is 16.0 Å². The van der Waals surface area contributed by atoms with Crippen LogP contribution in [0.4, 0.5) is 8.78 Å². The Morgan fingerprint density at radius 1 is 1.24 bits per heavy atom. The molecule has 0 aliphatic heterocycles. The zero-order valence-electron chi connectivity index (χ0n) is 12.1. The van der Waals surface area contributed by atoms with E-state index >= 15 is 0 Å². The van der Waals surface area contributed by atoms with Gasteiger partial charge in [0.25, 0.3) is 5.91 Å². The predicted octanol–water partition coefficient (Wildman–Crippen LogP) is -0.158. The SMILES string of the molecule is CCNC(=O)CNC(=O)C[NH2+][C@H](C)c1ccc(F)cc1F. The number of hydrogen-bond acceptors (Lipinski definition) is 2. The minimum Gasteiger partial charge on any atom is -0.355 e. The Labute approximate surface area is 122 Å². The van der Waals surface area contributed by atoms with Gasteiger partial charge in [-0.1, -0.05) is 0 Å². The van der Waals surface area contributed by atoms with Crippen LogP contribution in [-0.4, -0.2) is 31.4 Å². The molecule has 0 aromatic heterocycles. The molecule has 5 nitrogen and oxygen atoms in total. The van der Waals surface area contributed by atoms with Crippen molar-refractivity contribution in [2.24, 2.45) is 0 Å². The summed E-state index contributed by atoms with van der Waals surface area (Å²) in [5, 5.41) is 6.63. The minimum absolute atomic E-state index is 0.0530. The Balaban J connectivity index is 2.40. The van der Waals surface area contributed by atoms with Crippen molar-refractivity contribution in [3.05, 3.63) is 35.4 Å². The number of carbonyl (C=O) groups excluding carboxylic acids is 2. The Kier molecular flexibility index (Phi) is 6.74. The molecule has 0 aliphatic rings. The quantitative estimate of drug-likeness (QED) is 0.655. The number of rotatable bonds is 7. The van der Waals surface area contributed by atoms with Crippen LogP contribution in [0.5, 0.6) is 0 Å². The van der Waals surface area contributed by atoms with Crippen LogP contribution in [0, 0.1) is 11.6 Å². The van der Waals surface area contributed by atoms with Crippen LogP contribution in [0.1, 0.15) is 25.5 Å². The molecule has 2 amide bonds. The summed E-state index contributed by atoms with van der Waals surface area (Å²) in [5.74, 6) is -1.86. The van der Waals surface area contributed by atoms with Gasteiger partial charge in [-0.2, -0.15) is 0 Å². The van der Waals surface area contributed by atoms with Gasteiger partial charge in [-0.25, -0.2) is 8.78 Å². The molecule has 0 spiro atoms. The van der Waals surface area contributed by atoms with E-state index < -0.39 is 11.6 Å². The fourth-order valence-corrected chi connectivity index (χ4v) is 1.79. The largest absolute Gasteiger partial charge is 0.355 e. The van der Waals surface area contributed by atoms with Crippen molar-refractivity contribution in [3.8, 4) is 0 Å². The van der Waals surface area contributed by atoms with Crippen LogP contribution in [0.3, 0.4) is 0 Å². The summed E-state index contributed by atoms with van der Waals surface area (Å²) in [4.78, 5) is 22.7. The minimum atomic E-state index is -0.638. The van der Waals surface area contributed by atoms with Crippen molar-refractivity contribution in [1.82, 2.24) is 10.6 Å². The summed E-state index contributed by atoms with van der Waals surface area (Å²) in [6, 6.07) is 3.02. The maximum absolute atomic E-state index is 13.6. The maximum Gasteiger partial charge on any atom is 0.275 e. The molecule has 0 unspecified atom stereocenters. The molecule has 0 radical (unpaired) electrons. The van der Waals surface area contributed by atoms with E-state index in [4.69, 9.17) is 0 Å². The lowest BCUT2D eigenvalue weighted by molar-refractivity contribution is -0.682. The molecule has 1 aromatic carbocycles. The lowest BCUT2D eigenvalue weighted by Crippen LogP contribution is -2.87. The highest BCUT2D eigenvalue weighted by Gasteiger charge is 2.16. The Hall–Kier alpha value is -2.02. The van der Waals surface area contributed by atoms with Gasteiger partial charge in [0.2, 0.25) is 5.91 Å². The van der Waals surface area contributed by atoms with E-state index in [9.17, 15) is 18.4 Å². The summed E-state index contributed by atoms with van der Waals surface area (Å²) in [6.45, 7) is 3.97.